The molecule has 11 nitrogen and oxygen atoms in total. The van der Waals surface area contributed by atoms with Crippen LogP contribution in [0.5, 0.6) is 0 Å². The van der Waals surface area contributed by atoms with Crippen molar-refractivity contribution in [3.05, 3.63) is 23.9 Å². The molecule has 0 unspecified atom stereocenters. The third-order valence-corrected chi connectivity index (χ3v) is 11.3. The summed E-state index contributed by atoms with van der Waals surface area (Å²) in [5, 5.41) is 7.15. The van der Waals surface area contributed by atoms with Crippen LogP contribution in [-0.4, -0.2) is 92.8 Å². The lowest BCUT2D eigenvalue weighted by Crippen LogP contribution is -2.54. The highest BCUT2D eigenvalue weighted by Gasteiger charge is 2.42. The molecule has 1 aliphatic carbocycles. The van der Waals surface area contributed by atoms with Gasteiger partial charge in [-0.2, -0.15) is 30.2 Å². The topological polar surface area (TPSA) is 160 Å². The second-order valence-electron chi connectivity index (χ2n) is 10.4. The van der Waals surface area contributed by atoms with Gasteiger partial charge in [0.2, 0.25) is 0 Å². The fraction of sp³-hybridized carbons (Fsp3) is 0.750. The van der Waals surface area contributed by atoms with Gasteiger partial charge >= 0.3 is 12.1 Å². The Kier molecular flexibility index (Phi) is 11.3. The molecule has 16 heteroatoms. The molecule has 3 fully saturated rings. The van der Waals surface area contributed by atoms with Crippen LogP contribution in [0.25, 0.3) is 0 Å². The summed E-state index contributed by atoms with van der Waals surface area (Å²) in [4.78, 5) is 13.0. The van der Waals surface area contributed by atoms with E-state index in [1.54, 1.807) is 10.4 Å². The summed E-state index contributed by atoms with van der Waals surface area (Å²) in [6.07, 6.45) is 2.85. The smallest absolute Gasteiger partial charge is 0.475 e. The molecule has 3 heterocycles. The van der Waals surface area contributed by atoms with Crippen LogP contribution in [0.4, 0.5) is 13.2 Å². The highest BCUT2D eigenvalue weighted by molar-refractivity contribution is 7.91. The normalized spacial score (nSPS) is 24.2. The van der Waals surface area contributed by atoms with Crippen LogP contribution in [0.3, 0.4) is 0 Å². The number of hydrogen-bond acceptors (Lipinski definition) is 8. The van der Waals surface area contributed by atoms with Crippen LogP contribution in [0.2, 0.25) is 0 Å². The lowest BCUT2D eigenvalue weighted by atomic mass is 9.75. The van der Waals surface area contributed by atoms with Crippen molar-refractivity contribution in [1.82, 2.24) is 13.6 Å². The molecular weight excluding hydrogens is 577 g/mol. The average molecular weight is 615 g/mol. The Hall–Kier alpha value is -1.85. The van der Waals surface area contributed by atoms with Crippen molar-refractivity contribution in [2.45, 2.75) is 56.3 Å². The van der Waals surface area contributed by atoms with E-state index in [1.165, 1.54) is 23.0 Å². The van der Waals surface area contributed by atoms with Crippen LogP contribution in [0, 0.1) is 17.8 Å². The highest BCUT2D eigenvalue weighted by Crippen LogP contribution is 2.38. The van der Waals surface area contributed by atoms with Gasteiger partial charge in [-0.3, -0.25) is 0 Å². The van der Waals surface area contributed by atoms with Gasteiger partial charge in [-0.05, 0) is 41.9 Å². The minimum Gasteiger partial charge on any atom is -0.475 e. The van der Waals surface area contributed by atoms with Gasteiger partial charge in [-0.1, -0.05) is 32.1 Å². The zero-order chi connectivity index (χ0) is 29.6. The molecule has 0 radical (unpaired) electrons. The number of rotatable bonds is 7. The van der Waals surface area contributed by atoms with E-state index in [0.29, 0.717) is 44.3 Å². The largest absolute Gasteiger partial charge is 0.490 e. The zero-order valence-corrected chi connectivity index (χ0v) is 23.8. The Morgan fingerprint density at radius 2 is 1.68 bits per heavy atom. The quantitative estimate of drug-likeness (QED) is 0.469. The number of ether oxygens (including phenoxy) is 1. The molecule has 2 atom stereocenters. The van der Waals surface area contributed by atoms with Crippen LogP contribution < -0.4 is 5.73 Å². The predicted octanol–water partition coefficient (Wildman–Crippen LogP) is 2.04. The molecule has 0 bridgehead atoms. The number of carboxylic acids is 1. The number of aromatic nitrogens is 1. The molecular formula is C24H37F3N4O7S2. The van der Waals surface area contributed by atoms with Crippen molar-refractivity contribution in [3.63, 3.8) is 0 Å². The third kappa shape index (κ3) is 8.82. The van der Waals surface area contributed by atoms with Gasteiger partial charge < -0.3 is 15.6 Å². The first kappa shape index (κ1) is 32.7. The molecule has 1 aromatic heterocycles. The molecule has 40 heavy (non-hydrogen) atoms. The number of pyridine rings is 1. The Labute approximate surface area is 233 Å². The van der Waals surface area contributed by atoms with Crippen molar-refractivity contribution in [3.8, 4) is 0 Å². The van der Waals surface area contributed by atoms with Crippen molar-refractivity contribution >= 4 is 26.0 Å². The lowest BCUT2D eigenvalue weighted by molar-refractivity contribution is -0.192. The van der Waals surface area contributed by atoms with Gasteiger partial charge in [0.1, 0.15) is 0 Å². The average Bonchev–Trinajstić information content (AvgIpc) is 2.93. The molecule has 1 aromatic rings. The molecule has 2 saturated heterocycles. The van der Waals surface area contributed by atoms with Gasteiger partial charge in [-0.25, -0.2) is 18.2 Å². The van der Waals surface area contributed by atoms with E-state index >= 15 is 0 Å². The molecule has 0 spiro atoms. The Balaban J connectivity index is 0.000000559. The fourth-order valence-corrected chi connectivity index (χ4v) is 8.84. The third-order valence-electron chi connectivity index (χ3n) is 7.53. The second-order valence-corrected chi connectivity index (χ2v) is 14.3. The van der Waals surface area contributed by atoms with Crippen LogP contribution >= 0.6 is 0 Å². The first-order valence-corrected chi connectivity index (χ1v) is 16.3. The lowest BCUT2D eigenvalue weighted by Gasteiger charge is -2.43. The van der Waals surface area contributed by atoms with Crippen molar-refractivity contribution in [1.29, 1.82) is 0 Å². The second kappa shape index (κ2) is 13.9. The molecule has 2 aliphatic heterocycles. The fourth-order valence-electron chi connectivity index (χ4n) is 5.54. The molecule has 3 N–H and O–H groups in total. The van der Waals surface area contributed by atoms with Gasteiger partial charge in [0.05, 0.1) is 19.0 Å². The van der Waals surface area contributed by atoms with E-state index in [-0.39, 0.29) is 35.7 Å². The maximum absolute atomic E-state index is 13.5. The number of alkyl halides is 3. The number of piperidine rings is 1. The number of carbonyl (C=O) groups is 1. The molecule has 3 aliphatic rings. The Bertz CT molecular complexity index is 1200. The molecule has 228 valence electrons. The molecule has 0 amide bonds. The van der Waals surface area contributed by atoms with Gasteiger partial charge in [0.15, 0.2) is 14.9 Å². The van der Waals surface area contributed by atoms with Crippen molar-refractivity contribution < 1.29 is 44.6 Å². The van der Waals surface area contributed by atoms with E-state index in [2.05, 4.69) is 4.98 Å². The van der Waals surface area contributed by atoms with Crippen LogP contribution in [-0.2, 0) is 36.1 Å². The highest BCUT2D eigenvalue weighted by atomic mass is 32.2. The summed E-state index contributed by atoms with van der Waals surface area (Å²) < 4.78 is 93.4. The van der Waals surface area contributed by atoms with Crippen molar-refractivity contribution in [2.75, 3.05) is 45.1 Å². The first-order chi connectivity index (χ1) is 18.7. The first-order valence-electron chi connectivity index (χ1n) is 13.2. The molecule has 1 saturated carbocycles. The minimum absolute atomic E-state index is 0.0211. The minimum atomic E-state index is -5.08. The van der Waals surface area contributed by atoms with Crippen LogP contribution in [0.15, 0.2) is 23.4 Å². The Morgan fingerprint density at radius 1 is 1.05 bits per heavy atom. The van der Waals surface area contributed by atoms with E-state index in [0.717, 1.165) is 32.1 Å². The van der Waals surface area contributed by atoms with Crippen LogP contribution in [0.1, 0.15) is 44.1 Å². The maximum Gasteiger partial charge on any atom is 0.490 e. The van der Waals surface area contributed by atoms with E-state index < -0.39 is 32.2 Å². The molecule has 4 rings (SSSR count). The summed E-state index contributed by atoms with van der Waals surface area (Å²) >= 11 is 0. The summed E-state index contributed by atoms with van der Waals surface area (Å²) in [7, 11) is -7.32. The Morgan fingerprint density at radius 3 is 2.25 bits per heavy atom. The summed E-state index contributed by atoms with van der Waals surface area (Å²) in [5.74, 6) is -2.50. The van der Waals surface area contributed by atoms with Gasteiger partial charge in [0, 0.05) is 38.9 Å². The van der Waals surface area contributed by atoms with Gasteiger partial charge in [0.25, 0.3) is 10.2 Å². The van der Waals surface area contributed by atoms with Crippen molar-refractivity contribution in [2.24, 2.45) is 23.5 Å². The summed E-state index contributed by atoms with van der Waals surface area (Å²) in [5.41, 5.74) is 6.39. The number of hydrogen-bond donors (Lipinski definition) is 2. The summed E-state index contributed by atoms with van der Waals surface area (Å²) in [6.45, 7) is 2.39. The number of nitrogens with zero attached hydrogens (tertiary/aromatic N) is 3. The number of morpholine rings is 1. The van der Waals surface area contributed by atoms with Gasteiger partial charge in [-0.15, -0.1) is 0 Å². The number of carboxylic acid groups (broad SMARTS) is 1. The van der Waals surface area contributed by atoms with E-state index in [4.69, 9.17) is 20.4 Å². The number of aliphatic carboxylic acids is 1. The number of sulfone groups is 1. The van der Waals surface area contributed by atoms with E-state index in [9.17, 15) is 30.0 Å². The standard InChI is InChI=1S/C22H36N4O5S2.C2HF3O2/c23-14-18-6-7-24-22(13-18)32(27,28)17-19-12-21(20-4-2-1-3-5-20)16-26(15-19)33(29,30)25-8-10-31-11-9-25;3-2(4,5)1(6)7/h6-7,13,19-21H,1-5,8-12,14-17,23H2;(H,6,7)/t19-,21+;/m0./s1. The number of nitrogens with two attached hydrogens (primary N) is 1. The monoisotopic (exact) mass is 614 g/mol. The zero-order valence-electron chi connectivity index (χ0n) is 22.1. The summed E-state index contributed by atoms with van der Waals surface area (Å²) in [6, 6.07) is 3.23. The predicted molar refractivity (Wildman–Crippen MR) is 139 cm³/mol. The maximum atomic E-state index is 13.5. The number of halogens is 3. The molecule has 0 aromatic carbocycles. The van der Waals surface area contributed by atoms with E-state index in [1.807, 2.05) is 0 Å². The SMILES string of the molecule is NCc1ccnc(S(=O)(=O)C[C@H]2C[C@@H](C3CCCCC3)CN(S(=O)(=O)N3CCOCC3)C2)c1.O=C(O)C(F)(F)F.